The molecule has 0 fully saturated rings. The molecule has 1 atom stereocenters. The number of hydrogen-bond donors (Lipinski definition) is 1. The topological polar surface area (TPSA) is 38.0 Å². The van der Waals surface area contributed by atoms with Gasteiger partial charge in [0.05, 0.1) is 11.8 Å². The molecule has 0 saturated heterocycles. The van der Waals surface area contributed by atoms with Gasteiger partial charge < -0.3 is 5.11 Å². The Morgan fingerprint density at radius 3 is 2.82 bits per heavy atom. The lowest BCUT2D eigenvalue weighted by atomic mass is 10.2. The van der Waals surface area contributed by atoms with Gasteiger partial charge in [-0.3, -0.25) is 4.68 Å². The normalized spacial score (nSPS) is 13.5. The molecular formula is C7H11BrN2O. The number of nitrogens with zero attached hydrogens (tertiary/aromatic N) is 2. The average Bonchev–Trinajstić information content (AvgIpc) is 2.28. The largest absolute Gasteiger partial charge is 0.387 e. The Morgan fingerprint density at radius 1 is 1.82 bits per heavy atom. The van der Waals surface area contributed by atoms with Gasteiger partial charge in [-0.1, -0.05) is 15.9 Å². The molecule has 1 aromatic heterocycles. The van der Waals surface area contributed by atoms with Gasteiger partial charge in [-0.05, 0) is 6.92 Å². The Kier molecular flexibility index (Phi) is 2.67. The van der Waals surface area contributed by atoms with Crippen molar-refractivity contribution in [2.75, 3.05) is 5.33 Å². The average molecular weight is 219 g/mol. The molecule has 0 spiro atoms. The fourth-order valence-corrected chi connectivity index (χ4v) is 1.38. The van der Waals surface area contributed by atoms with E-state index < -0.39 is 6.10 Å². The zero-order chi connectivity index (χ0) is 8.43. The third-order valence-electron chi connectivity index (χ3n) is 1.56. The lowest BCUT2D eigenvalue weighted by molar-refractivity contribution is 0.204. The minimum atomic E-state index is -0.441. The van der Waals surface area contributed by atoms with Gasteiger partial charge in [0.1, 0.15) is 0 Å². The standard InChI is InChI=1S/C7H11BrN2O/c1-5-6(7(11)3-8)4-10(2)9-5/h4,7,11H,3H2,1-2H3. The van der Waals surface area contributed by atoms with Crippen molar-refractivity contribution in [3.05, 3.63) is 17.5 Å². The molecule has 3 nitrogen and oxygen atoms in total. The first-order chi connectivity index (χ1) is 5.15. The summed E-state index contributed by atoms with van der Waals surface area (Å²) in [5.41, 5.74) is 1.78. The molecule has 0 aliphatic heterocycles. The number of aryl methyl sites for hydroxylation is 2. The predicted molar refractivity (Wildman–Crippen MR) is 46.7 cm³/mol. The fourth-order valence-electron chi connectivity index (χ4n) is 1.03. The number of alkyl halides is 1. The second-order valence-corrected chi connectivity index (χ2v) is 3.16. The van der Waals surface area contributed by atoms with Crippen molar-refractivity contribution in [1.82, 2.24) is 9.78 Å². The molecule has 0 aromatic carbocycles. The van der Waals surface area contributed by atoms with E-state index in [9.17, 15) is 5.11 Å². The van der Waals surface area contributed by atoms with Gasteiger partial charge in [0.15, 0.2) is 0 Å². The maximum absolute atomic E-state index is 9.42. The van der Waals surface area contributed by atoms with Crippen molar-refractivity contribution < 1.29 is 5.11 Å². The lowest BCUT2D eigenvalue weighted by Crippen LogP contribution is -1.98. The molecule has 0 saturated carbocycles. The summed E-state index contributed by atoms with van der Waals surface area (Å²) in [6.45, 7) is 1.89. The van der Waals surface area contributed by atoms with Crippen LogP contribution in [-0.2, 0) is 7.05 Å². The first-order valence-electron chi connectivity index (χ1n) is 3.39. The van der Waals surface area contributed by atoms with E-state index in [-0.39, 0.29) is 0 Å². The Hall–Kier alpha value is -0.350. The van der Waals surface area contributed by atoms with E-state index in [1.54, 1.807) is 4.68 Å². The molecule has 0 aliphatic rings. The van der Waals surface area contributed by atoms with Crippen LogP contribution >= 0.6 is 15.9 Å². The van der Waals surface area contributed by atoms with E-state index in [0.717, 1.165) is 11.3 Å². The zero-order valence-corrected chi connectivity index (χ0v) is 8.17. The SMILES string of the molecule is Cc1nn(C)cc1C(O)CBr. The summed E-state index contributed by atoms with van der Waals surface area (Å²) in [5, 5.41) is 14.1. The van der Waals surface area contributed by atoms with Crippen molar-refractivity contribution >= 4 is 15.9 Å². The maximum Gasteiger partial charge on any atom is 0.0919 e. The summed E-state index contributed by atoms with van der Waals surface area (Å²) in [6.07, 6.45) is 1.39. The number of aromatic nitrogens is 2. The highest BCUT2D eigenvalue weighted by Gasteiger charge is 2.11. The quantitative estimate of drug-likeness (QED) is 0.758. The van der Waals surface area contributed by atoms with E-state index in [1.807, 2.05) is 20.2 Å². The molecule has 1 heterocycles. The highest BCUT2D eigenvalue weighted by molar-refractivity contribution is 9.09. The first-order valence-corrected chi connectivity index (χ1v) is 4.51. The molecule has 1 rings (SSSR count). The number of aliphatic hydroxyl groups excluding tert-OH is 1. The molecule has 62 valence electrons. The van der Waals surface area contributed by atoms with Crippen LogP contribution in [0.25, 0.3) is 0 Å². The second-order valence-electron chi connectivity index (χ2n) is 2.51. The zero-order valence-electron chi connectivity index (χ0n) is 6.58. The molecule has 0 radical (unpaired) electrons. The van der Waals surface area contributed by atoms with Crippen molar-refractivity contribution in [3.8, 4) is 0 Å². The Labute approximate surface area is 74.2 Å². The van der Waals surface area contributed by atoms with Crippen LogP contribution in [0.2, 0.25) is 0 Å². The van der Waals surface area contributed by atoms with Gasteiger partial charge in [-0.25, -0.2) is 0 Å². The van der Waals surface area contributed by atoms with Crippen LogP contribution in [0.5, 0.6) is 0 Å². The predicted octanol–water partition coefficient (Wildman–Crippen LogP) is 1.16. The second kappa shape index (κ2) is 3.36. The Morgan fingerprint density at radius 2 is 2.45 bits per heavy atom. The summed E-state index contributed by atoms with van der Waals surface area (Å²) < 4.78 is 1.70. The molecule has 4 heteroatoms. The van der Waals surface area contributed by atoms with Crippen LogP contribution in [-0.4, -0.2) is 20.2 Å². The van der Waals surface area contributed by atoms with Gasteiger partial charge >= 0.3 is 0 Å². The van der Waals surface area contributed by atoms with Gasteiger partial charge in [0, 0.05) is 24.1 Å². The summed E-state index contributed by atoms with van der Waals surface area (Å²) >= 11 is 3.21. The minimum Gasteiger partial charge on any atom is -0.387 e. The molecule has 1 N–H and O–H groups in total. The minimum absolute atomic E-state index is 0.441. The van der Waals surface area contributed by atoms with Crippen LogP contribution in [0.3, 0.4) is 0 Å². The monoisotopic (exact) mass is 218 g/mol. The summed E-state index contributed by atoms with van der Waals surface area (Å²) in [6, 6.07) is 0. The van der Waals surface area contributed by atoms with Gasteiger partial charge in [0.25, 0.3) is 0 Å². The third-order valence-corrected chi connectivity index (χ3v) is 2.17. The molecule has 0 amide bonds. The first kappa shape index (κ1) is 8.74. The van der Waals surface area contributed by atoms with Gasteiger partial charge in [0.2, 0.25) is 0 Å². The Balaban J connectivity index is 2.93. The van der Waals surface area contributed by atoms with Crippen molar-refractivity contribution in [3.63, 3.8) is 0 Å². The summed E-state index contributed by atoms with van der Waals surface area (Å²) in [5.74, 6) is 0. The third kappa shape index (κ3) is 1.81. The molecule has 0 bridgehead atoms. The molecule has 11 heavy (non-hydrogen) atoms. The van der Waals surface area contributed by atoms with Crippen LogP contribution in [0.15, 0.2) is 6.20 Å². The fraction of sp³-hybridized carbons (Fsp3) is 0.571. The van der Waals surface area contributed by atoms with Crippen molar-refractivity contribution in [2.24, 2.45) is 7.05 Å². The van der Waals surface area contributed by atoms with Gasteiger partial charge in [-0.15, -0.1) is 0 Å². The number of halogens is 1. The van der Waals surface area contributed by atoms with Crippen LogP contribution in [0.1, 0.15) is 17.4 Å². The van der Waals surface area contributed by atoms with Crippen molar-refractivity contribution in [2.45, 2.75) is 13.0 Å². The van der Waals surface area contributed by atoms with E-state index in [2.05, 4.69) is 21.0 Å². The summed E-state index contributed by atoms with van der Waals surface area (Å²) in [7, 11) is 1.84. The van der Waals surface area contributed by atoms with Crippen LogP contribution < -0.4 is 0 Å². The number of hydrogen-bond acceptors (Lipinski definition) is 2. The van der Waals surface area contributed by atoms with E-state index in [1.165, 1.54) is 0 Å². The van der Waals surface area contributed by atoms with E-state index in [0.29, 0.717) is 5.33 Å². The number of aliphatic hydroxyl groups is 1. The van der Waals surface area contributed by atoms with Gasteiger partial charge in [-0.2, -0.15) is 5.10 Å². The Bertz CT molecular complexity index is 247. The van der Waals surface area contributed by atoms with Crippen LogP contribution in [0.4, 0.5) is 0 Å². The highest BCUT2D eigenvalue weighted by atomic mass is 79.9. The number of rotatable bonds is 2. The van der Waals surface area contributed by atoms with Crippen molar-refractivity contribution in [1.29, 1.82) is 0 Å². The smallest absolute Gasteiger partial charge is 0.0919 e. The summed E-state index contributed by atoms with van der Waals surface area (Å²) in [4.78, 5) is 0. The lowest BCUT2D eigenvalue weighted by Gasteiger charge is -2.02. The highest BCUT2D eigenvalue weighted by Crippen LogP contribution is 2.17. The molecule has 0 aliphatic carbocycles. The molecular weight excluding hydrogens is 208 g/mol. The van der Waals surface area contributed by atoms with Crippen LogP contribution in [0, 0.1) is 6.92 Å². The molecule has 1 unspecified atom stereocenters. The van der Waals surface area contributed by atoms with E-state index in [4.69, 9.17) is 0 Å². The maximum atomic E-state index is 9.42. The molecule has 1 aromatic rings. The van der Waals surface area contributed by atoms with E-state index >= 15 is 0 Å².